The van der Waals surface area contributed by atoms with Crippen LogP contribution in [0.15, 0.2) is 0 Å². The minimum atomic E-state index is -1.28. The predicted molar refractivity (Wildman–Crippen MR) is 106 cm³/mol. The van der Waals surface area contributed by atoms with Gasteiger partial charge in [0.2, 0.25) is 0 Å². The van der Waals surface area contributed by atoms with E-state index in [1.807, 2.05) is 27.7 Å². The summed E-state index contributed by atoms with van der Waals surface area (Å²) in [6, 6.07) is 0. The van der Waals surface area contributed by atoms with Crippen molar-refractivity contribution in [2.24, 2.45) is 0 Å². The number of carboxylic acid groups (broad SMARTS) is 2. The summed E-state index contributed by atoms with van der Waals surface area (Å²) in [5.41, 5.74) is 0. The quantitative estimate of drug-likeness (QED) is 0.125. The normalized spacial score (nSPS) is 9.00. The molecule has 0 rings (SSSR count). The SMILES string of the molecule is CCCC(=O)CC(=O)[O-].CCCC(=O)CC(=O)[O-].CCCOOC(=O)CC(=O)CCC.[Zr+2]. The fourth-order valence-electron chi connectivity index (χ4n) is 1.80. The Morgan fingerprint density at radius 2 is 0.938 bits per heavy atom. The van der Waals surface area contributed by atoms with Crippen LogP contribution in [-0.4, -0.2) is 41.9 Å². The third-order valence-corrected chi connectivity index (χ3v) is 3.05. The Bertz CT molecular complexity index is 531. The number of carbonyl (C=O) groups is 6. The summed E-state index contributed by atoms with van der Waals surface area (Å²) in [6.07, 6.45) is 2.97. The summed E-state index contributed by atoms with van der Waals surface area (Å²) < 4.78 is 0. The molecule has 11 heteroatoms. The van der Waals surface area contributed by atoms with Crippen LogP contribution in [0.2, 0.25) is 0 Å². The molecule has 0 unspecified atom stereocenters. The topological polar surface area (TPSA) is 167 Å². The van der Waals surface area contributed by atoms with Gasteiger partial charge in [0.15, 0.2) is 0 Å². The van der Waals surface area contributed by atoms with E-state index in [9.17, 15) is 39.0 Å². The van der Waals surface area contributed by atoms with Crippen molar-refractivity contribution < 1.29 is 75.0 Å². The first-order chi connectivity index (χ1) is 14.5. The molecule has 0 saturated heterocycles. The Hall–Kier alpha value is -1.74. The van der Waals surface area contributed by atoms with Gasteiger partial charge in [-0.1, -0.05) is 27.7 Å². The van der Waals surface area contributed by atoms with E-state index in [0.717, 1.165) is 12.8 Å². The minimum absolute atomic E-state index is 0. The maximum Gasteiger partial charge on any atom is 2.00 e. The Morgan fingerprint density at radius 1 is 0.594 bits per heavy atom. The summed E-state index contributed by atoms with van der Waals surface area (Å²) in [6.45, 7) is 7.81. The molecule has 0 aliphatic rings. The number of Topliss-reactive ketones (excluding diaryl/α,β-unsaturated/α-hetero) is 3. The average molecular weight is 538 g/mol. The van der Waals surface area contributed by atoms with Crippen LogP contribution in [0.25, 0.3) is 0 Å². The molecule has 0 heterocycles. The number of aliphatic carboxylic acids is 2. The molecular weight excluding hydrogens is 503 g/mol. The number of hydrogen-bond donors (Lipinski definition) is 0. The van der Waals surface area contributed by atoms with Crippen LogP contribution in [-0.2, 0) is 64.7 Å². The van der Waals surface area contributed by atoms with E-state index in [2.05, 4.69) is 9.78 Å². The Labute approximate surface area is 208 Å². The maximum atomic E-state index is 10.9. The van der Waals surface area contributed by atoms with Gasteiger partial charge in [-0.05, 0) is 25.7 Å². The monoisotopic (exact) mass is 536 g/mol. The molecule has 32 heavy (non-hydrogen) atoms. The van der Waals surface area contributed by atoms with Crippen molar-refractivity contribution in [2.45, 2.75) is 91.9 Å². The summed E-state index contributed by atoms with van der Waals surface area (Å²) in [5, 5.41) is 19.5. The second-order valence-electron chi connectivity index (χ2n) is 6.42. The van der Waals surface area contributed by atoms with Crippen LogP contribution >= 0.6 is 0 Å². The molecule has 0 bridgehead atoms. The van der Waals surface area contributed by atoms with Crippen molar-refractivity contribution in [3.63, 3.8) is 0 Å². The van der Waals surface area contributed by atoms with Crippen LogP contribution in [0.5, 0.6) is 0 Å². The van der Waals surface area contributed by atoms with Crippen molar-refractivity contribution in [3.05, 3.63) is 0 Å². The molecular formula is C21H34O10Zr. The van der Waals surface area contributed by atoms with Crippen molar-refractivity contribution in [2.75, 3.05) is 6.61 Å². The molecule has 10 nitrogen and oxygen atoms in total. The minimum Gasteiger partial charge on any atom is -0.550 e. The third-order valence-electron chi connectivity index (χ3n) is 3.05. The van der Waals surface area contributed by atoms with E-state index < -0.39 is 30.7 Å². The number of carboxylic acids is 2. The third kappa shape index (κ3) is 35.7. The van der Waals surface area contributed by atoms with E-state index in [1.165, 1.54) is 0 Å². The van der Waals surface area contributed by atoms with Crippen molar-refractivity contribution in [1.82, 2.24) is 0 Å². The molecule has 0 fully saturated rings. The Balaban J connectivity index is -0.000000186. The van der Waals surface area contributed by atoms with Crippen LogP contribution in [0.3, 0.4) is 0 Å². The van der Waals surface area contributed by atoms with Crippen LogP contribution in [0.1, 0.15) is 91.9 Å². The Morgan fingerprint density at radius 3 is 1.22 bits per heavy atom. The van der Waals surface area contributed by atoms with Gasteiger partial charge in [0.05, 0.1) is 6.61 Å². The van der Waals surface area contributed by atoms with Crippen molar-refractivity contribution >= 4 is 35.3 Å². The Kier molecular flexibility index (Phi) is 32.1. The molecule has 0 amide bonds. The van der Waals surface area contributed by atoms with Gasteiger partial charge < -0.3 is 19.8 Å². The number of hydrogen-bond acceptors (Lipinski definition) is 10. The fraction of sp³-hybridized carbons (Fsp3) is 0.714. The average Bonchev–Trinajstić information content (AvgIpc) is 2.62. The first-order valence-electron chi connectivity index (χ1n) is 10.3. The molecule has 0 aromatic carbocycles. The molecule has 182 valence electrons. The van der Waals surface area contributed by atoms with Crippen LogP contribution in [0.4, 0.5) is 0 Å². The van der Waals surface area contributed by atoms with Crippen molar-refractivity contribution in [1.29, 1.82) is 0 Å². The number of ketones is 3. The van der Waals surface area contributed by atoms with Gasteiger partial charge in [-0.25, -0.2) is 4.79 Å². The molecule has 0 aliphatic carbocycles. The largest absolute Gasteiger partial charge is 2.00 e. The second kappa shape index (κ2) is 27.3. The maximum absolute atomic E-state index is 10.9. The van der Waals surface area contributed by atoms with Gasteiger partial charge in [0, 0.05) is 44.0 Å². The first kappa shape index (κ1) is 37.6. The summed E-state index contributed by atoms with van der Waals surface area (Å²) in [4.78, 5) is 71.0. The van der Waals surface area contributed by atoms with Crippen molar-refractivity contribution in [3.8, 4) is 0 Å². The molecule has 0 N–H and O–H groups in total. The van der Waals surface area contributed by atoms with Gasteiger partial charge in [-0.2, -0.15) is 4.89 Å². The number of rotatable bonds is 15. The van der Waals surface area contributed by atoms with Crippen LogP contribution in [0, 0.1) is 0 Å². The number of carbonyl (C=O) groups excluding carboxylic acids is 6. The smallest absolute Gasteiger partial charge is 0.550 e. The van der Waals surface area contributed by atoms with E-state index in [1.54, 1.807) is 0 Å². The van der Waals surface area contributed by atoms with Gasteiger partial charge in [-0.15, -0.1) is 0 Å². The second-order valence-corrected chi connectivity index (χ2v) is 6.42. The molecule has 0 aromatic heterocycles. The molecule has 0 radical (unpaired) electrons. The van der Waals surface area contributed by atoms with Gasteiger partial charge >= 0.3 is 32.2 Å². The van der Waals surface area contributed by atoms with E-state index in [0.29, 0.717) is 38.7 Å². The predicted octanol–water partition coefficient (Wildman–Crippen LogP) is 0.619. The summed E-state index contributed by atoms with van der Waals surface area (Å²) in [5.74, 6) is -3.78. The van der Waals surface area contributed by atoms with Gasteiger partial charge in [-0.3, -0.25) is 19.3 Å². The molecule has 0 saturated carbocycles. The standard InChI is InChI=1S/C9H16O4.2C6H10O3.Zr/c1-3-5-8(10)7-9(11)13-12-6-4-2;2*1-2-3-5(7)4-6(8)9;/h3-7H2,1-2H3;2*2-4H2,1H3,(H,8,9);/q;;;+2/p-2. The first-order valence-corrected chi connectivity index (χ1v) is 10.3. The molecule has 0 atom stereocenters. The van der Waals surface area contributed by atoms with Crippen LogP contribution < -0.4 is 10.2 Å². The summed E-state index contributed by atoms with van der Waals surface area (Å²) >= 11 is 0. The fourth-order valence-corrected chi connectivity index (χ4v) is 1.80. The van der Waals surface area contributed by atoms with Gasteiger partial charge in [0.25, 0.3) is 0 Å². The molecule has 0 aliphatic heterocycles. The zero-order valence-corrected chi connectivity index (χ0v) is 21.8. The van der Waals surface area contributed by atoms with E-state index in [4.69, 9.17) is 0 Å². The van der Waals surface area contributed by atoms with E-state index >= 15 is 0 Å². The molecule has 0 spiro atoms. The summed E-state index contributed by atoms with van der Waals surface area (Å²) in [7, 11) is 0. The zero-order valence-electron chi connectivity index (χ0n) is 19.4. The van der Waals surface area contributed by atoms with E-state index in [-0.39, 0.29) is 50.0 Å². The van der Waals surface area contributed by atoms with Gasteiger partial charge in [0.1, 0.15) is 23.8 Å². The zero-order chi connectivity index (χ0) is 24.7. The molecule has 0 aromatic rings.